The van der Waals surface area contributed by atoms with E-state index in [1.807, 2.05) is 48.5 Å². The fourth-order valence-corrected chi connectivity index (χ4v) is 3.61. The van der Waals surface area contributed by atoms with Gasteiger partial charge < -0.3 is 18.8 Å². The molecule has 0 aliphatic carbocycles. The summed E-state index contributed by atoms with van der Waals surface area (Å²) in [6.45, 7) is 1.39. The molecule has 0 saturated heterocycles. The molecule has 154 valence electrons. The van der Waals surface area contributed by atoms with Crippen LogP contribution in [0.1, 0.15) is 5.82 Å². The highest BCUT2D eigenvalue weighted by Crippen LogP contribution is 2.28. The molecule has 0 spiro atoms. The monoisotopic (exact) mass is 442 g/mol. The Morgan fingerprint density at radius 3 is 2.43 bits per heavy atom. The summed E-state index contributed by atoms with van der Waals surface area (Å²) < 4.78 is 19.1. The number of para-hydroxylation sites is 2. The molecule has 1 aromatic heterocycles. The van der Waals surface area contributed by atoms with Crippen LogP contribution < -0.4 is 14.2 Å². The molecule has 7 heteroatoms. The lowest BCUT2D eigenvalue weighted by molar-refractivity contribution is 0.272. The van der Waals surface area contributed by atoms with Crippen molar-refractivity contribution in [3.63, 3.8) is 0 Å². The smallest absolute Gasteiger partial charge is 0.148 e. The molecule has 0 aliphatic rings. The van der Waals surface area contributed by atoms with Crippen molar-refractivity contribution in [1.82, 2.24) is 9.55 Å². The standard InChI is InChI=1S/C23H20Cl2N2O3/c1-28-17-7-9-18(10-8-17)29-13-12-27-21-5-3-2-4-20(21)26-23(27)15-30-22-11-6-16(24)14-19(22)25/h2-11,14H,12-13,15H2,1H3. The summed E-state index contributed by atoms with van der Waals surface area (Å²) in [4.78, 5) is 4.72. The predicted molar refractivity (Wildman–Crippen MR) is 119 cm³/mol. The largest absolute Gasteiger partial charge is 0.497 e. The molecule has 5 nitrogen and oxygen atoms in total. The lowest BCUT2D eigenvalue weighted by Gasteiger charge is -2.12. The summed E-state index contributed by atoms with van der Waals surface area (Å²) in [6.07, 6.45) is 0. The number of rotatable bonds is 8. The van der Waals surface area contributed by atoms with E-state index >= 15 is 0 Å². The Labute approximate surface area is 184 Å². The van der Waals surface area contributed by atoms with Crippen LogP contribution >= 0.6 is 23.2 Å². The topological polar surface area (TPSA) is 45.5 Å². The van der Waals surface area contributed by atoms with Crippen LogP contribution in [0.15, 0.2) is 66.7 Å². The molecule has 3 aromatic carbocycles. The average Bonchev–Trinajstić information content (AvgIpc) is 3.11. The molecule has 30 heavy (non-hydrogen) atoms. The van der Waals surface area contributed by atoms with Gasteiger partial charge in [0.1, 0.15) is 36.3 Å². The molecule has 0 saturated carbocycles. The highest BCUT2D eigenvalue weighted by molar-refractivity contribution is 6.35. The number of aromatic nitrogens is 2. The molecule has 0 bridgehead atoms. The van der Waals surface area contributed by atoms with E-state index in [4.69, 9.17) is 42.4 Å². The molecule has 0 amide bonds. The van der Waals surface area contributed by atoms with E-state index in [1.54, 1.807) is 25.3 Å². The number of hydrogen-bond donors (Lipinski definition) is 0. The van der Waals surface area contributed by atoms with Crippen molar-refractivity contribution >= 4 is 34.2 Å². The number of nitrogens with zero attached hydrogens (tertiary/aromatic N) is 2. The number of fused-ring (bicyclic) bond motifs is 1. The van der Waals surface area contributed by atoms with Crippen molar-refractivity contribution < 1.29 is 14.2 Å². The van der Waals surface area contributed by atoms with E-state index in [-0.39, 0.29) is 6.61 Å². The van der Waals surface area contributed by atoms with Gasteiger partial charge in [-0.25, -0.2) is 4.98 Å². The Hall–Kier alpha value is -2.89. The number of halogens is 2. The summed E-state index contributed by atoms with van der Waals surface area (Å²) in [7, 11) is 1.64. The third-order valence-electron chi connectivity index (χ3n) is 4.63. The zero-order valence-corrected chi connectivity index (χ0v) is 17.9. The molecule has 4 rings (SSSR count). The van der Waals surface area contributed by atoms with Gasteiger partial charge in [-0.1, -0.05) is 35.3 Å². The van der Waals surface area contributed by atoms with Crippen molar-refractivity contribution in [3.05, 3.63) is 82.6 Å². The maximum Gasteiger partial charge on any atom is 0.148 e. The Balaban J connectivity index is 1.49. The number of imidazole rings is 1. The summed E-state index contributed by atoms with van der Waals surface area (Å²) in [5.41, 5.74) is 1.93. The van der Waals surface area contributed by atoms with Crippen LogP contribution in [0.25, 0.3) is 11.0 Å². The number of ether oxygens (including phenoxy) is 3. The third kappa shape index (κ3) is 4.64. The van der Waals surface area contributed by atoms with Crippen LogP contribution in [0.3, 0.4) is 0 Å². The average molecular weight is 443 g/mol. The van der Waals surface area contributed by atoms with Crippen LogP contribution in [0.5, 0.6) is 17.2 Å². The Kier molecular flexibility index (Phi) is 6.31. The molecule has 0 unspecified atom stereocenters. The first-order chi connectivity index (χ1) is 14.6. The van der Waals surface area contributed by atoms with Gasteiger partial charge in [0.2, 0.25) is 0 Å². The maximum atomic E-state index is 6.22. The lowest BCUT2D eigenvalue weighted by atomic mass is 10.3. The second-order valence-corrected chi connectivity index (χ2v) is 7.40. The highest BCUT2D eigenvalue weighted by Gasteiger charge is 2.12. The van der Waals surface area contributed by atoms with Gasteiger partial charge in [-0.2, -0.15) is 0 Å². The Morgan fingerprint density at radius 1 is 0.900 bits per heavy atom. The van der Waals surface area contributed by atoms with E-state index in [0.29, 0.717) is 28.9 Å². The molecule has 0 N–H and O–H groups in total. The predicted octanol–water partition coefficient (Wildman–Crippen LogP) is 6.01. The maximum absolute atomic E-state index is 6.22. The lowest BCUT2D eigenvalue weighted by Crippen LogP contribution is -2.13. The molecular weight excluding hydrogens is 423 g/mol. The second-order valence-electron chi connectivity index (χ2n) is 6.56. The molecule has 0 radical (unpaired) electrons. The normalized spacial score (nSPS) is 10.9. The van der Waals surface area contributed by atoms with Crippen LogP contribution in [0, 0.1) is 0 Å². The second kappa shape index (κ2) is 9.28. The van der Waals surface area contributed by atoms with Crippen molar-refractivity contribution in [2.24, 2.45) is 0 Å². The molecule has 1 heterocycles. The first kappa shape index (κ1) is 20.4. The van der Waals surface area contributed by atoms with Gasteiger partial charge in [-0.15, -0.1) is 0 Å². The van der Waals surface area contributed by atoms with Crippen LogP contribution in [-0.4, -0.2) is 23.3 Å². The summed E-state index contributed by atoms with van der Waals surface area (Å²) in [5.74, 6) is 2.93. The van der Waals surface area contributed by atoms with E-state index in [1.165, 1.54) is 0 Å². The van der Waals surface area contributed by atoms with Crippen molar-refractivity contribution in [3.8, 4) is 17.2 Å². The summed E-state index contributed by atoms with van der Waals surface area (Å²) in [6, 6.07) is 20.6. The number of hydrogen-bond acceptors (Lipinski definition) is 4. The highest BCUT2D eigenvalue weighted by atomic mass is 35.5. The number of methoxy groups -OCH3 is 1. The Bertz CT molecular complexity index is 1140. The van der Waals surface area contributed by atoms with Gasteiger partial charge in [0, 0.05) is 5.02 Å². The van der Waals surface area contributed by atoms with Crippen molar-refractivity contribution in [1.29, 1.82) is 0 Å². The Morgan fingerprint density at radius 2 is 1.67 bits per heavy atom. The third-order valence-corrected chi connectivity index (χ3v) is 5.16. The van der Waals surface area contributed by atoms with Gasteiger partial charge in [0.15, 0.2) is 0 Å². The van der Waals surface area contributed by atoms with Gasteiger partial charge in [-0.05, 0) is 54.6 Å². The summed E-state index contributed by atoms with van der Waals surface area (Å²) >= 11 is 12.2. The van der Waals surface area contributed by atoms with Gasteiger partial charge in [0.05, 0.1) is 29.7 Å². The van der Waals surface area contributed by atoms with Crippen molar-refractivity contribution in [2.75, 3.05) is 13.7 Å². The first-order valence-corrected chi connectivity index (χ1v) is 10.2. The minimum Gasteiger partial charge on any atom is -0.497 e. The van der Waals surface area contributed by atoms with Gasteiger partial charge in [-0.3, -0.25) is 0 Å². The minimum absolute atomic E-state index is 0.276. The quantitative estimate of drug-likeness (QED) is 0.335. The zero-order chi connectivity index (χ0) is 20.9. The van der Waals surface area contributed by atoms with Gasteiger partial charge in [0.25, 0.3) is 0 Å². The van der Waals surface area contributed by atoms with Crippen molar-refractivity contribution in [2.45, 2.75) is 13.2 Å². The van der Waals surface area contributed by atoms with E-state index in [2.05, 4.69) is 4.57 Å². The molecule has 0 atom stereocenters. The molecule has 4 aromatic rings. The summed E-state index contributed by atoms with van der Waals surface area (Å²) in [5, 5.41) is 1.03. The molecule has 0 fully saturated rings. The fraction of sp³-hybridized carbons (Fsp3) is 0.174. The zero-order valence-electron chi connectivity index (χ0n) is 16.3. The first-order valence-electron chi connectivity index (χ1n) is 9.43. The SMILES string of the molecule is COc1ccc(OCCn2c(COc3ccc(Cl)cc3Cl)nc3ccccc32)cc1. The van der Waals surface area contributed by atoms with Gasteiger partial charge >= 0.3 is 0 Å². The number of benzene rings is 3. The van der Waals surface area contributed by atoms with Crippen LogP contribution in [0.2, 0.25) is 10.0 Å². The van der Waals surface area contributed by atoms with E-state index in [9.17, 15) is 0 Å². The fourth-order valence-electron chi connectivity index (χ4n) is 3.15. The van der Waals surface area contributed by atoms with E-state index in [0.717, 1.165) is 28.4 Å². The molecular formula is C23H20Cl2N2O3. The minimum atomic E-state index is 0.276. The van der Waals surface area contributed by atoms with Crippen LogP contribution in [0.4, 0.5) is 0 Å². The van der Waals surface area contributed by atoms with E-state index < -0.39 is 0 Å². The molecule has 0 aliphatic heterocycles. The van der Waals surface area contributed by atoms with Crippen LogP contribution in [-0.2, 0) is 13.2 Å².